The van der Waals surface area contributed by atoms with Gasteiger partial charge in [0, 0.05) is 39.1 Å². The highest BCUT2D eigenvalue weighted by Crippen LogP contribution is 2.31. The summed E-state index contributed by atoms with van der Waals surface area (Å²) in [6.07, 6.45) is 1.97. The van der Waals surface area contributed by atoms with Gasteiger partial charge in [0.05, 0.1) is 17.1 Å². The Kier molecular flexibility index (Phi) is 5.98. The zero-order chi connectivity index (χ0) is 23.8. The van der Waals surface area contributed by atoms with E-state index in [1.807, 2.05) is 49.2 Å². The lowest BCUT2D eigenvalue weighted by atomic mass is 10.2. The van der Waals surface area contributed by atoms with E-state index in [0.717, 1.165) is 18.5 Å². The smallest absolute Gasteiger partial charge is 0.297 e. The van der Waals surface area contributed by atoms with Crippen LogP contribution in [0.15, 0.2) is 40.3 Å². The molecule has 1 aromatic carbocycles. The molecule has 0 unspecified atom stereocenters. The van der Waals surface area contributed by atoms with Crippen LogP contribution in [0.2, 0.25) is 0 Å². The van der Waals surface area contributed by atoms with Crippen molar-refractivity contribution in [3.05, 3.63) is 46.4 Å². The number of amides is 2. The summed E-state index contributed by atoms with van der Waals surface area (Å²) in [5.41, 5.74) is 1.54. The number of aromatic nitrogens is 6. The summed E-state index contributed by atoms with van der Waals surface area (Å²) in [5.74, 6) is 0.532. The van der Waals surface area contributed by atoms with Gasteiger partial charge >= 0.3 is 0 Å². The van der Waals surface area contributed by atoms with Gasteiger partial charge in [0.1, 0.15) is 0 Å². The fraction of sp³-hybridized carbons (Fsp3) is 0.455. The summed E-state index contributed by atoms with van der Waals surface area (Å²) in [4.78, 5) is 42.0. The lowest BCUT2D eigenvalue weighted by molar-refractivity contribution is -0.139. The van der Waals surface area contributed by atoms with Crippen molar-refractivity contribution in [3.8, 4) is 11.4 Å². The summed E-state index contributed by atoms with van der Waals surface area (Å²) in [5, 5.41) is 12.2. The van der Waals surface area contributed by atoms with Crippen LogP contribution in [0.5, 0.6) is 0 Å². The molecule has 0 atom stereocenters. The van der Waals surface area contributed by atoms with Gasteiger partial charge in [-0.3, -0.25) is 19.1 Å². The quantitative estimate of drug-likeness (QED) is 0.474. The van der Waals surface area contributed by atoms with E-state index in [2.05, 4.69) is 15.5 Å². The standard InChI is InChI=1S/C22H26N8O3S/c1-15-19(21(33)30(26(15)2)17-6-4-3-5-7-17)29-22(23-24-25-29)34-14-18(31)27-10-12-28(13-11-27)20(32)16-8-9-16/h3-7,16H,8-14H2,1-2H3. The summed E-state index contributed by atoms with van der Waals surface area (Å²) in [6, 6.07) is 9.35. The van der Waals surface area contributed by atoms with E-state index in [0.29, 0.717) is 42.7 Å². The van der Waals surface area contributed by atoms with Gasteiger partial charge in [-0.05, 0) is 42.3 Å². The molecule has 2 aliphatic rings. The predicted molar refractivity (Wildman–Crippen MR) is 125 cm³/mol. The van der Waals surface area contributed by atoms with Gasteiger partial charge in [0.2, 0.25) is 17.0 Å². The van der Waals surface area contributed by atoms with E-state index >= 15 is 0 Å². The van der Waals surface area contributed by atoms with E-state index < -0.39 is 0 Å². The monoisotopic (exact) mass is 482 g/mol. The van der Waals surface area contributed by atoms with Crippen LogP contribution in [0, 0.1) is 12.8 Å². The number of thioether (sulfide) groups is 1. The van der Waals surface area contributed by atoms with Crippen molar-refractivity contribution in [2.24, 2.45) is 13.0 Å². The Labute approximate surface area is 200 Å². The van der Waals surface area contributed by atoms with Gasteiger partial charge < -0.3 is 9.80 Å². The highest BCUT2D eigenvalue weighted by atomic mass is 32.2. The van der Waals surface area contributed by atoms with Crippen LogP contribution in [0.25, 0.3) is 11.4 Å². The largest absolute Gasteiger partial charge is 0.339 e. The molecule has 2 fully saturated rings. The highest BCUT2D eigenvalue weighted by molar-refractivity contribution is 7.99. The Balaban J connectivity index is 1.28. The molecule has 3 aromatic rings. The fourth-order valence-corrected chi connectivity index (χ4v) is 4.97. The molecule has 1 saturated carbocycles. The third kappa shape index (κ3) is 4.13. The first-order chi connectivity index (χ1) is 16.5. The maximum atomic E-state index is 13.3. The van der Waals surface area contributed by atoms with E-state index in [9.17, 15) is 14.4 Å². The predicted octanol–water partition coefficient (Wildman–Crippen LogP) is 0.633. The van der Waals surface area contributed by atoms with Gasteiger partial charge in [-0.25, -0.2) is 4.68 Å². The SMILES string of the molecule is Cc1c(-n2nnnc2SCC(=O)N2CCN(C(=O)C3CC3)CC2)c(=O)n(-c2ccccc2)n1C. The lowest BCUT2D eigenvalue weighted by Crippen LogP contribution is -2.51. The van der Waals surface area contributed by atoms with E-state index in [-0.39, 0.29) is 29.0 Å². The zero-order valence-electron chi connectivity index (χ0n) is 19.1. The minimum Gasteiger partial charge on any atom is -0.339 e. The number of rotatable bonds is 6. The Morgan fingerprint density at radius 3 is 2.41 bits per heavy atom. The van der Waals surface area contributed by atoms with Crippen molar-refractivity contribution in [1.29, 1.82) is 0 Å². The fourth-order valence-electron chi connectivity index (χ4n) is 4.19. The molecule has 3 heterocycles. The minimum absolute atomic E-state index is 0.0375. The number of tetrazole rings is 1. The van der Waals surface area contributed by atoms with Crippen molar-refractivity contribution in [3.63, 3.8) is 0 Å². The molecule has 0 bridgehead atoms. The second-order valence-corrected chi connectivity index (χ2v) is 9.49. The summed E-state index contributed by atoms with van der Waals surface area (Å²) < 4.78 is 4.73. The van der Waals surface area contributed by atoms with E-state index in [4.69, 9.17) is 0 Å². The molecule has 0 N–H and O–H groups in total. The van der Waals surface area contributed by atoms with Crippen LogP contribution in [-0.2, 0) is 16.6 Å². The molecule has 1 aliphatic carbocycles. The number of piperazine rings is 1. The van der Waals surface area contributed by atoms with Crippen LogP contribution in [0.4, 0.5) is 0 Å². The van der Waals surface area contributed by atoms with E-state index in [1.54, 1.807) is 14.3 Å². The molecule has 1 aliphatic heterocycles. The first-order valence-electron chi connectivity index (χ1n) is 11.3. The van der Waals surface area contributed by atoms with E-state index in [1.165, 1.54) is 16.4 Å². The number of para-hydroxylation sites is 1. The molecule has 2 aromatic heterocycles. The Bertz CT molecular complexity index is 1270. The van der Waals surface area contributed by atoms with Gasteiger partial charge in [-0.1, -0.05) is 30.0 Å². The number of benzene rings is 1. The first kappa shape index (κ1) is 22.4. The Hall–Kier alpha value is -3.41. The molecular weight excluding hydrogens is 456 g/mol. The summed E-state index contributed by atoms with van der Waals surface area (Å²) in [7, 11) is 1.81. The Morgan fingerprint density at radius 2 is 1.74 bits per heavy atom. The van der Waals surface area contributed by atoms with Crippen molar-refractivity contribution in [2.75, 3.05) is 31.9 Å². The van der Waals surface area contributed by atoms with Gasteiger partial charge in [0.25, 0.3) is 5.56 Å². The topological polar surface area (TPSA) is 111 Å². The maximum absolute atomic E-state index is 13.3. The normalized spacial score (nSPS) is 16.2. The van der Waals surface area contributed by atoms with Crippen molar-refractivity contribution in [1.82, 2.24) is 39.4 Å². The average Bonchev–Trinajstić information content (AvgIpc) is 3.57. The van der Waals surface area contributed by atoms with Crippen LogP contribution < -0.4 is 5.56 Å². The molecule has 2 amide bonds. The number of hydrogen-bond acceptors (Lipinski definition) is 7. The minimum atomic E-state index is -0.247. The second-order valence-electron chi connectivity index (χ2n) is 8.55. The molecule has 0 spiro atoms. The van der Waals surface area contributed by atoms with Gasteiger partial charge in [-0.15, -0.1) is 5.10 Å². The molecule has 12 heteroatoms. The third-order valence-electron chi connectivity index (χ3n) is 6.37. The molecule has 1 saturated heterocycles. The maximum Gasteiger partial charge on any atom is 0.297 e. The molecule has 5 rings (SSSR count). The van der Waals surface area contributed by atoms with Crippen molar-refractivity contribution < 1.29 is 9.59 Å². The van der Waals surface area contributed by atoms with Crippen molar-refractivity contribution in [2.45, 2.75) is 24.9 Å². The lowest BCUT2D eigenvalue weighted by Gasteiger charge is -2.34. The van der Waals surface area contributed by atoms with Crippen LogP contribution in [0.3, 0.4) is 0 Å². The number of hydrogen-bond donors (Lipinski definition) is 0. The molecule has 0 radical (unpaired) electrons. The first-order valence-corrected chi connectivity index (χ1v) is 12.3. The van der Waals surface area contributed by atoms with Crippen LogP contribution >= 0.6 is 11.8 Å². The van der Waals surface area contributed by atoms with Crippen LogP contribution in [-0.4, -0.2) is 83.1 Å². The van der Waals surface area contributed by atoms with Crippen LogP contribution in [0.1, 0.15) is 18.5 Å². The van der Waals surface area contributed by atoms with Gasteiger partial charge in [0.15, 0.2) is 5.69 Å². The Morgan fingerprint density at radius 1 is 1.06 bits per heavy atom. The summed E-state index contributed by atoms with van der Waals surface area (Å²) >= 11 is 1.20. The second kappa shape index (κ2) is 9.09. The molecule has 11 nitrogen and oxygen atoms in total. The number of carbonyl (C=O) groups excluding carboxylic acids is 2. The summed E-state index contributed by atoms with van der Waals surface area (Å²) in [6.45, 7) is 4.04. The molecule has 34 heavy (non-hydrogen) atoms. The van der Waals surface area contributed by atoms with Gasteiger partial charge in [-0.2, -0.15) is 4.68 Å². The average molecular weight is 483 g/mol. The highest BCUT2D eigenvalue weighted by Gasteiger charge is 2.35. The number of nitrogens with zero attached hydrogens (tertiary/aromatic N) is 8. The molecular formula is C22H26N8O3S. The number of carbonyl (C=O) groups is 2. The molecule has 178 valence electrons. The van der Waals surface area contributed by atoms with Crippen molar-refractivity contribution >= 4 is 23.6 Å². The zero-order valence-corrected chi connectivity index (χ0v) is 19.9. The third-order valence-corrected chi connectivity index (χ3v) is 7.28.